The van der Waals surface area contributed by atoms with E-state index in [1.54, 1.807) is 18.2 Å². The summed E-state index contributed by atoms with van der Waals surface area (Å²) >= 11 is 0. The van der Waals surface area contributed by atoms with Crippen molar-refractivity contribution in [3.05, 3.63) is 41.5 Å². The van der Waals surface area contributed by atoms with E-state index in [0.29, 0.717) is 11.8 Å². The molecule has 0 saturated heterocycles. The van der Waals surface area contributed by atoms with Gasteiger partial charge in [0.15, 0.2) is 0 Å². The Kier molecular flexibility index (Phi) is 6.81. The zero-order valence-corrected chi connectivity index (χ0v) is 19.2. The average molecular weight is 411 g/mol. The van der Waals surface area contributed by atoms with E-state index in [-0.39, 0.29) is 0 Å². The molecule has 2 aliphatic carbocycles. The maximum Gasteiger partial charge on any atom is 0.127 e. The molecule has 2 fully saturated rings. The lowest BCUT2D eigenvalue weighted by Gasteiger charge is -2.33. The van der Waals surface area contributed by atoms with Crippen molar-refractivity contribution in [3.8, 4) is 22.6 Å². The van der Waals surface area contributed by atoms with E-state index in [0.717, 1.165) is 17.1 Å². The quantitative estimate of drug-likeness (QED) is 0.496. The maximum absolute atomic E-state index is 5.99. The van der Waals surface area contributed by atoms with Crippen molar-refractivity contribution in [1.82, 2.24) is 0 Å². The Hall–Kier alpha value is -1.53. The predicted octanol–water partition coefficient (Wildman–Crippen LogP) is 6.97. The molecule has 0 spiro atoms. The molecule has 0 aromatic heterocycles. The van der Waals surface area contributed by atoms with E-state index >= 15 is 0 Å². The lowest BCUT2D eigenvalue weighted by atomic mass is 9.75. The molecule has 0 amide bonds. The molecule has 0 radical (unpaired) electrons. The Morgan fingerprint density at radius 3 is 1.97 bits per heavy atom. The summed E-state index contributed by atoms with van der Waals surface area (Å²) in [5, 5.41) is 1.33. The number of para-hydroxylation sites is 1. The summed E-state index contributed by atoms with van der Waals surface area (Å²) in [7, 11) is 6.68. The molecule has 3 heteroatoms. The van der Waals surface area contributed by atoms with Gasteiger partial charge in [-0.1, -0.05) is 56.7 Å². The van der Waals surface area contributed by atoms with Crippen LogP contribution >= 0.6 is 9.24 Å². The van der Waals surface area contributed by atoms with E-state index in [4.69, 9.17) is 9.47 Å². The summed E-state index contributed by atoms with van der Waals surface area (Å²) in [4.78, 5) is 0. The van der Waals surface area contributed by atoms with Crippen LogP contribution in [0.1, 0.15) is 87.2 Å². The summed E-state index contributed by atoms with van der Waals surface area (Å²) in [6, 6.07) is 10.7. The number of rotatable bonds is 5. The van der Waals surface area contributed by atoms with Crippen molar-refractivity contribution in [1.29, 1.82) is 0 Å². The summed E-state index contributed by atoms with van der Waals surface area (Å²) in [5.41, 5.74) is 5.49. The van der Waals surface area contributed by atoms with Gasteiger partial charge in [0.05, 0.1) is 14.2 Å². The van der Waals surface area contributed by atoms with Crippen LogP contribution < -0.4 is 14.8 Å². The standard InChI is InChI=1S/C26H35O2P/c1-27-22-16-10-9-15-20(22)25-23(28-2)17-21(18-11-5-3-6-12-18)24(26(25)29)19-13-7-4-8-14-19/h9-10,15-19H,3-8,11-14,29H2,1-2H3. The smallest absolute Gasteiger partial charge is 0.127 e. The molecular weight excluding hydrogens is 375 g/mol. The first kappa shape index (κ1) is 20.7. The number of methoxy groups -OCH3 is 2. The highest BCUT2D eigenvalue weighted by Gasteiger charge is 2.29. The van der Waals surface area contributed by atoms with Crippen molar-refractivity contribution >= 4 is 14.5 Å². The van der Waals surface area contributed by atoms with Crippen molar-refractivity contribution in [2.75, 3.05) is 14.2 Å². The largest absolute Gasteiger partial charge is 0.496 e. The van der Waals surface area contributed by atoms with Crippen molar-refractivity contribution in [3.63, 3.8) is 0 Å². The minimum absolute atomic E-state index is 0.674. The molecule has 2 aliphatic rings. The van der Waals surface area contributed by atoms with Gasteiger partial charge in [-0.2, -0.15) is 0 Å². The van der Waals surface area contributed by atoms with Crippen LogP contribution in [-0.2, 0) is 0 Å². The molecule has 2 nitrogen and oxygen atoms in total. The zero-order chi connectivity index (χ0) is 20.2. The minimum atomic E-state index is 0.674. The van der Waals surface area contributed by atoms with Crippen LogP contribution in [0.15, 0.2) is 30.3 Å². The number of hydrogen-bond donors (Lipinski definition) is 0. The lowest BCUT2D eigenvalue weighted by molar-refractivity contribution is 0.402. The van der Waals surface area contributed by atoms with E-state index in [1.807, 2.05) is 19.2 Å². The second-order valence-corrected chi connectivity index (χ2v) is 9.32. The van der Waals surface area contributed by atoms with E-state index in [2.05, 4.69) is 27.4 Å². The fourth-order valence-corrected chi connectivity index (χ4v) is 6.30. The highest BCUT2D eigenvalue weighted by Crippen LogP contribution is 2.46. The zero-order valence-electron chi connectivity index (χ0n) is 18.0. The van der Waals surface area contributed by atoms with Gasteiger partial charge in [-0.3, -0.25) is 0 Å². The Balaban J connectivity index is 1.92. The maximum atomic E-state index is 5.99. The van der Waals surface area contributed by atoms with Crippen LogP contribution in [0.2, 0.25) is 0 Å². The Morgan fingerprint density at radius 1 is 0.759 bits per heavy atom. The van der Waals surface area contributed by atoms with Crippen LogP contribution in [0.3, 0.4) is 0 Å². The van der Waals surface area contributed by atoms with Crippen molar-refractivity contribution < 1.29 is 9.47 Å². The van der Waals surface area contributed by atoms with Crippen molar-refractivity contribution in [2.24, 2.45) is 0 Å². The molecule has 0 N–H and O–H groups in total. The van der Waals surface area contributed by atoms with E-state index in [1.165, 1.54) is 75.1 Å². The molecule has 1 unspecified atom stereocenters. The van der Waals surface area contributed by atoms with Gasteiger partial charge >= 0.3 is 0 Å². The molecule has 29 heavy (non-hydrogen) atoms. The monoisotopic (exact) mass is 410 g/mol. The van der Waals surface area contributed by atoms with Gasteiger partial charge in [-0.25, -0.2) is 0 Å². The third-order valence-electron chi connectivity index (χ3n) is 7.06. The third-order valence-corrected chi connectivity index (χ3v) is 7.66. The van der Waals surface area contributed by atoms with Crippen LogP contribution in [-0.4, -0.2) is 14.2 Å². The van der Waals surface area contributed by atoms with Gasteiger partial charge in [0.2, 0.25) is 0 Å². The van der Waals surface area contributed by atoms with Gasteiger partial charge in [0.1, 0.15) is 11.5 Å². The molecule has 1 atom stereocenters. The molecule has 2 saturated carbocycles. The van der Waals surface area contributed by atoms with E-state index in [9.17, 15) is 0 Å². The van der Waals surface area contributed by atoms with E-state index < -0.39 is 0 Å². The van der Waals surface area contributed by atoms with Crippen LogP contribution in [0, 0.1) is 0 Å². The molecular formula is C26H35O2P. The van der Waals surface area contributed by atoms with Crippen LogP contribution in [0.25, 0.3) is 11.1 Å². The van der Waals surface area contributed by atoms with Crippen LogP contribution in [0.5, 0.6) is 11.5 Å². The Bertz CT molecular complexity index is 833. The topological polar surface area (TPSA) is 18.5 Å². The summed E-state index contributed by atoms with van der Waals surface area (Å²) in [6.45, 7) is 0. The van der Waals surface area contributed by atoms with Crippen LogP contribution in [0.4, 0.5) is 0 Å². The summed E-state index contributed by atoms with van der Waals surface area (Å²) in [5.74, 6) is 3.25. The second kappa shape index (κ2) is 9.52. The number of ether oxygens (including phenoxy) is 2. The van der Waals surface area contributed by atoms with Gasteiger partial charge < -0.3 is 9.47 Å². The third kappa shape index (κ3) is 4.19. The first-order valence-corrected chi connectivity index (χ1v) is 12.0. The molecule has 156 valence electrons. The highest BCUT2D eigenvalue weighted by atomic mass is 31.0. The first-order valence-electron chi connectivity index (χ1n) is 11.4. The number of hydrogen-bond acceptors (Lipinski definition) is 2. The molecule has 0 heterocycles. The lowest BCUT2D eigenvalue weighted by Crippen LogP contribution is -2.20. The van der Waals surface area contributed by atoms with Gasteiger partial charge in [-0.05, 0) is 66.1 Å². The first-order chi connectivity index (χ1) is 14.2. The molecule has 2 aromatic carbocycles. The molecule has 2 aromatic rings. The fourth-order valence-electron chi connectivity index (χ4n) is 5.60. The van der Waals surface area contributed by atoms with Gasteiger partial charge in [-0.15, -0.1) is 9.24 Å². The molecule has 4 rings (SSSR count). The fraction of sp³-hybridized carbons (Fsp3) is 0.538. The Labute approximate surface area is 178 Å². The molecule has 0 aliphatic heterocycles. The van der Waals surface area contributed by atoms with Gasteiger partial charge in [0.25, 0.3) is 0 Å². The van der Waals surface area contributed by atoms with Gasteiger partial charge in [0, 0.05) is 11.1 Å². The second-order valence-electron chi connectivity index (χ2n) is 8.74. The summed E-state index contributed by atoms with van der Waals surface area (Å²) in [6.07, 6.45) is 13.5. The predicted molar refractivity (Wildman–Crippen MR) is 126 cm³/mol. The normalized spacial score (nSPS) is 18.6. The number of benzene rings is 2. The Morgan fingerprint density at radius 2 is 1.34 bits per heavy atom. The molecule has 0 bridgehead atoms. The average Bonchev–Trinajstić information content (AvgIpc) is 2.79. The van der Waals surface area contributed by atoms with Crippen molar-refractivity contribution in [2.45, 2.75) is 76.0 Å². The summed E-state index contributed by atoms with van der Waals surface area (Å²) < 4.78 is 11.7. The minimum Gasteiger partial charge on any atom is -0.496 e. The highest BCUT2D eigenvalue weighted by molar-refractivity contribution is 7.28. The SMILES string of the molecule is COc1ccccc1-c1c(OC)cc(C2CCCCC2)c(C2CCCCC2)c1P.